The predicted molar refractivity (Wildman–Crippen MR) is 72.7 cm³/mol. The summed E-state index contributed by atoms with van der Waals surface area (Å²) in [6.07, 6.45) is 1.49. The van der Waals surface area contributed by atoms with E-state index in [-0.39, 0.29) is 12.5 Å². The molecule has 0 aromatic heterocycles. The molecule has 18 heavy (non-hydrogen) atoms. The maximum atomic E-state index is 12.4. The van der Waals surface area contributed by atoms with Crippen molar-refractivity contribution >= 4 is 26.0 Å². The summed E-state index contributed by atoms with van der Waals surface area (Å²) >= 11 is 3.28. The third-order valence-electron chi connectivity index (χ3n) is 3.24. The molecule has 2 rings (SSSR count). The lowest BCUT2D eigenvalue weighted by atomic mass is 10.1. The molecule has 0 saturated carbocycles. The lowest BCUT2D eigenvalue weighted by molar-refractivity contribution is 0.259. The highest BCUT2D eigenvalue weighted by atomic mass is 79.9. The number of aliphatic hydroxyl groups excluding tert-OH is 1. The largest absolute Gasteiger partial charge is 0.396 e. The molecule has 0 spiro atoms. The maximum Gasteiger partial charge on any atom is 0.244 e. The van der Waals surface area contributed by atoms with Crippen molar-refractivity contribution < 1.29 is 13.5 Å². The minimum Gasteiger partial charge on any atom is -0.396 e. The first kappa shape index (κ1) is 14.0. The van der Waals surface area contributed by atoms with Crippen LogP contribution in [0.1, 0.15) is 12.8 Å². The van der Waals surface area contributed by atoms with Crippen molar-refractivity contribution in [3.05, 3.63) is 28.7 Å². The Labute approximate surface area is 116 Å². The van der Waals surface area contributed by atoms with E-state index in [1.54, 1.807) is 24.3 Å². The van der Waals surface area contributed by atoms with Crippen LogP contribution in [0, 0.1) is 5.92 Å². The fraction of sp³-hybridized carbons (Fsp3) is 0.500. The van der Waals surface area contributed by atoms with E-state index in [4.69, 9.17) is 5.11 Å². The van der Waals surface area contributed by atoms with Crippen molar-refractivity contribution in [2.75, 3.05) is 19.7 Å². The Morgan fingerprint density at radius 3 is 2.78 bits per heavy atom. The van der Waals surface area contributed by atoms with E-state index in [9.17, 15) is 8.42 Å². The van der Waals surface area contributed by atoms with Crippen molar-refractivity contribution in [1.82, 2.24) is 4.31 Å². The summed E-state index contributed by atoms with van der Waals surface area (Å²) in [6, 6.07) is 6.85. The van der Waals surface area contributed by atoms with Gasteiger partial charge < -0.3 is 5.11 Å². The Balaban J connectivity index is 2.21. The zero-order valence-electron chi connectivity index (χ0n) is 9.92. The Kier molecular flexibility index (Phi) is 4.42. The first-order valence-corrected chi connectivity index (χ1v) is 8.14. The third-order valence-corrected chi connectivity index (χ3v) is 6.12. The molecule has 100 valence electrons. The van der Waals surface area contributed by atoms with Crippen LogP contribution >= 0.6 is 15.9 Å². The smallest absolute Gasteiger partial charge is 0.244 e. The SMILES string of the molecule is O=S(=O)(c1ccccc1Br)N1CC[C@@H](CCO)C1. The number of sulfonamides is 1. The molecule has 1 heterocycles. The van der Waals surface area contributed by atoms with E-state index in [1.807, 2.05) is 0 Å². The number of hydrogen-bond donors (Lipinski definition) is 1. The second-order valence-corrected chi connectivity index (χ2v) is 7.22. The van der Waals surface area contributed by atoms with Crippen molar-refractivity contribution in [2.24, 2.45) is 5.92 Å². The van der Waals surface area contributed by atoms with Gasteiger partial charge in [0.25, 0.3) is 0 Å². The van der Waals surface area contributed by atoms with Crippen molar-refractivity contribution in [2.45, 2.75) is 17.7 Å². The molecule has 1 N–H and O–H groups in total. The second kappa shape index (κ2) is 5.69. The zero-order valence-corrected chi connectivity index (χ0v) is 12.3. The van der Waals surface area contributed by atoms with E-state index in [0.717, 1.165) is 6.42 Å². The fourth-order valence-corrected chi connectivity index (χ4v) is 4.72. The molecule has 1 aliphatic heterocycles. The molecule has 1 aromatic carbocycles. The van der Waals surface area contributed by atoms with E-state index < -0.39 is 10.0 Å². The van der Waals surface area contributed by atoms with Crippen LogP contribution in [0.2, 0.25) is 0 Å². The van der Waals surface area contributed by atoms with Crippen LogP contribution in [-0.2, 0) is 10.0 Å². The molecule has 1 atom stereocenters. The molecule has 6 heteroatoms. The summed E-state index contributed by atoms with van der Waals surface area (Å²) in [5.41, 5.74) is 0. The average Bonchev–Trinajstić information content (AvgIpc) is 2.79. The number of aliphatic hydroxyl groups is 1. The lowest BCUT2D eigenvalue weighted by Gasteiger charge is -2.17. The minimum absolute atomic E-state index is 0.119. The van der Waals surface area contributed by atoms with E-state index in [2.05, 4.69) is 15.9 Å². The highest BCUT2D eigenvalue weighted by Crippen LogP contribution is 2.29. The average molecular weight is 334 g/mol. The molecule has 0 aliphatic carbocycles. The molecule has 1 fully saturated rings. The van der Waals surface area contributed by atoms with Gasteiger partial charge in [-0.2, -0.15) is 4.31 Å². The van der Waals surface area contributed by atoms with Crippen LogP contribution in [-0.4, -0.2) is 37.5 Å². The quantitative estimate of drug-likeness (QED) is 0.914. The standard InChI is InChI=1S/C12H16BrNO3S/c13-11-3-1-2-4-12(11)18(16,17)14-7-5-10(9-14)6-8-15/h1-4,10,15H,5-9H2/t10-/m0/s1. The zero-order chi connectivity index (χ0) is 13.2. The Bertz CT molecular complexity index is 518. The highest BCUT2D eigenvalue weighted by Gasteiger charge is 2.33. The van der Waals surface area contributed by atoms with Crippen LogP contribution in [0.3, 0.4) is 0 Å². The van der Waals surface area contributed by atoms with Gasteiger partial charge in [-0.1, -0.05) is 12.1 Å². The fourth-order valence-electron chi connectivity index (χ4n) is 2.23. The van der Waals surface area contributed by atoms with Gasteiger partial charge in [0.2, 0.25) is 10.0 Å². The van der Waals surface area contributed by atoms with Crippen LogP contribution in [0.5, 0.6) is 0 Å². The molecule has 1 aromatic rings. The molecular formula is C12H16BrNO3S. The van der Waals surface area contributed by atoms with Crippen LogP contribution < -0.4 is 0 Å². The third kappa shape index (κ3) is 2.77. The molecule has 0 amide bonds. The van der Waals surface area contributed by atoms with Crippen LogP contribution in [0.4, 0.5) is 0 Å². The summed E-state index contributed by atoms with van der Waals surface area (Å²) in [5, 5.41) is 8.90. The van der Waals surface area contributed by atoms with Gasteiger partial charge in [0.15, 0.2) is 0 Å². The van der Waals surface area contributed by atoms with Gasteiger partial charge >= 0.3 is 0 Å². The van der Waals surface area contributed by atoms with Gasteiger partial charge in [0, 0.05) is 24.2 Å². The Morgan fingerprint density at radius 2 is 2.11 bits per heavy atom. The molecule has 0 radical (unpaired) electrons. The van der Waals surface area contributed by atoms with E-state index >= 15 is 0 Å². The summed E-state index contributed by atoms with van der Waals surface area (Å²) in [6.45, 7) is 1.16. The summed E-state index contributed by atoms with van der Waals surface area (Å²) < 4.78 is 27.0. The normalized spacial score (nSPS) is 21.3. The predicted octanol–water partition coefficient (Wildman–Crippen LogP) is 1.84. The number of rotatable bonds is 4. The van der Waals surface area contributed by atoms with Crippen molar-refractivity contribution in [3.8, 4) is 0 Å². The van der Waals surface area contributed by atoms with Gasteiger partial charge in [-0.25, -0.2) is 8.42 Å². The number of benzene rings is 1. The minimum atomic E-state index is -3.42. The first-order valence-electron chi connectivity index (χ1n) is 5.91. The van der Waals surface area contributed by atoms with Gasteiger partial charge in [-0.05, 0) is 46.8 Å². The monoisotopic (exact) mass is 333 g/mol. The summed E-state index contributed by atoms with van der Waals surface area (Å²) in [4.78, 5) is 0.314. The van der Waals surface area contributed by atoms with Gasteiger partial charge in [-0.15, -0.1) is 0 Å². The second-order valence-electron chi connectivity index (χ2n) is 4.46. The Hall–Kier alpha value is -0.430. The van der Waals surface area contributed by atoms with E-state index in [0.29, 0.717) is 28.9 Å². The van der Waals surface area contributed by atoms with Gasteiger partial charge in [0.1, 0.15) is 0 Å². The first-order chi connectivity index (χ1) is 8.55. The van der Waals surface area contributed by atoms with Gasteiger partial charge in [0.05, 0.1) is 4.90 Å². The molecular weight excluding hydrogens is 318 g/mol. The summed E-state index contributed by atoms with van der Waals surface area (Å²) in [5.74, 6) is 0.271. The van der Waals surface area contributed by atoms with Crippen molar-refractivity contribution in [1.29, 1.82) is 0 Å². The molecule has 1 aliphatic rings. The van der Waals surface area contributed by atoms with Crippen LogP contribution in [0.25, 0.3) is 0 Å². The number of nitrogens with zero attached hydrogens (tertiary/aromatic N) is 1. The highest BCUT2D eigenvalue weighted by molar-refractivity contribution is 9.10. The van der Waals surface area contributed by atoms with Crippen LogP contribution in [0.15, 0.2) is 33.6 Å². The summed E-state index contributed by atoms with van der Waals surface area (Å²) in [7, 11) is -3.42. The van der Waals surface area contributed by atoms with Crippen molar-refractivity contribution in [3.63, 3.8) is 0 Å². The van der Waals surface area contributed by atoms with Gasteiger partial charge in [-0.3, -0.25) is 0 Å². The number of halogens is 1. The lowest BCUT2D eigenvalue weighted by Crippen LogP contribution is -2.29. The molecule has 4 nitrogen and oxygen atoms in total. The van der Waals surface area contributed by atoms with E-state index in [1.165, 1.54) is 4.31 Å². The molecule has 1 saturated heterocycles. The Morgan fingerprint density at radius 1 is 1.39 bits per heavy atom. The number of hydrogen-bond acceptors (Lipinski definition) is 3. The molecule has 0 unspecified atom stereocenters. The maximum absolute atomic E-state index is 12.4. The molecule has 0 bridgehead atoms. The topological polar surface area (TPSA) is 57.6 Å².